The smallest absolute Gasteiger partial charge is 0.407 e. The Morgan fingerprint density at radius 2 is 2.23 bits per heavy atom. The topological polar surface area (TPSA) is 115 Å². The van der Waals surface area contributed by atoms with E-state index < -0.39 is 6.09 Å². The highest BCUT2D eigenvalue weighted by Gasteiger charge is 2.23. The fourth-order valence-electron chi connectivity index (χ4n) is 2.85. The van der Waals surface area contributed by atoms with Crippen LogP contribution < -0.4 is 0 Å². The minimum absolute atomic E-state index is 0.0244. The summed E-state index contributed by atoms with van der Waals surface area (Å²) >= 11 is 6.03. The maximum absolute atomic E-state index is 10.9. The number of carboxylic acid groups (broad SMARTS) is 1. The molecule has 10 heteroatoms. The second-order valence-electron chi connectivity index (χ2n) is 5.92. The number of aromatic nitrogens is 3. The lowest BCUT2D eigenvalue weighted by Crippen LogP contribution is -2.40. The van der Waals surface area contributed by atoms with Crippen LogP contribution in [0.15, 0.2) is 27.3 Å². The van der Waals surface area contributed by atoms with E-state index in [4.69, 9.17) is 30.4 Å². The maximum Gasteiger partial charge on any atom is 0.407 e. The van der Waals surface area contributed by atoms with Crippen LogP contribution in [0.2, 0.25) is 5.15 Å². The summed E-state index contributed by atoms with van der Waals surface area (Å²) in [5.74, 6) is 1.03. The predicted molar refractivity (Wildman–Crippen MR) is 89.7 cm³/mol. The van der Waals surface area contributed by atoms with E-state index in [0.717, 1.165) is 0 Å². The number of fused-ring (bicyclic) bond motifs is 1. The predicted octanol–water partition coefficient (Wildman–Crippen LogP) is 3.19. The van der Waals surface area contributed by atoms with Crippen LogP contribution >= 0.6 is 11.6 Å². The van der Waals surface area contributed by atoms with Crippen molar-refractivity contribution in [2.24, 2.45) is 0 Å². The number of hydrogen-bond acceptors (Lipinski definition) is 7. The van der Waals surface area contributed by atoms with Crippen molar-refractivity contribution >= 4 is 28.7 Å². The van der Waals surface area contributed by atoms with Crippen LogP contribution in [0, 0.1) is 0 Å². The molecule has 1 amide bonds. The van der Waals surface area contributed by atoms with Gasteiger partial charge in [0.15, 0.2) is 11.6 Å². The van der Waals surface area contributed by atoms with Crippen LogP contribution in [0.3, 0.4) is 0 Å². The molecule has 1 fully saturated rings. The molecule has 4 heterocycles. The number of rotatable bonds is 4. The maximum atomic E-state index is 10.9. The lowest BCUT2D eigenvalue weighted by molar-refractivity contribution is -0.00294. The Kier molecular flexibility index (Phi) is 4.48. The molecule has 3 aromatic rings. The van der Waals surface area contributed by atoms with Crippen molar-refractivity contribution < 1.29 is 23.6 Å². The van der Waals surface area contributed by atoms with Crippen LogP contribution in [0.4, 0.5) is 4.79 Å². The van der Waals surface area contributed by atoms with Gasteiger partial charge >= 0.3 is 6.09 Å². The molecule has 0 spiro atoms. The first-order valence-electron chi connectivity index (χ1n) is 8.06. The van der Waals surface area contributed by atoms with E-state index in [0.29, 0.717) is 53.6 Å². The molecule has 1 aliphatic rings. The summed E-state index contributed by atoms with van der Waals surface area (Å²) < 4.78 is 16.6. The molecule has 9 nitrogen and oxygen atoms in total. The van der Waals surface area contributed by atoms with Crippen molar-refractivity contribution in [1.82, 2.24) is 20.0 Å². The monoisotopic (exact) mass is 378 g/mol. The average molecular weight is 379 g/mol. The summed E-state index contributed by atoms with van der Waals surface area (Å²) in [5.41, 5.74) is 0.584. The van der Waals surface area contributed by atoms with Crippen LogP contribution in [0.25, 0.3) is 22.6 Å². The number of pyridine rings is 1. The molecule has 0 aliphatic carbocycles. The summed E-state index contributed by atoms with van der Waals surface area (Å²) in [4.78, 5) is 20.5. The number of nitrogens with zero attached hydrogens (tertiary/aromatic N) is 4. The zero-order valence-electron chi connectivity index (χ0n) is 13.6. The van der Waals surface area contributed by atoms with Crippen LogP contribution in [-0.2, 0) is 11.3 Å². The van der Waals surface area contributed by atoms with Crippen molar-refractivity contribution in [2.45, 2.75) is 25.6 Å². The van der Waals surface area contributed by atoms with Gasteiger partial charge in [-0.25, -0.2) is 9.78 Å². The number of ether oxygens (including phenoxy) is 1. The van der Waals surface area contributed by atoms with Gasteiger partial charge in [0.2, 0.25) is 0 Å². The van der Waals surface area contributed by atoms with Crippen molar-refractivity contribution in [1.29, 1.82) is 0 Å². The Hall–Kier alpha value is -2.65. The highest BCUT2D eigenvalue weighted by molar-refractivity contribution is 6.34. The molecule has 1 saturated heterocycles. The Labute approximate surface area is 152 Å². The summed E-state index contributed by atoms with van der Waals surface area (Å²) in [6, 6.07) is 3.40. The molecule has 0 unspecified atom stereocenters. The molecule has 3 aromatic heterocycles. The Morgan fingerprint density at radius 1 is 1.42 bits per heavy atom. The fraction of sp³-hybridized carbons (Fsp3) is 0.375. The van der Waals surface area contributed by atoms with Crippen molar-refractivity contribution in [3.8, 4) is 11.7 Å². The molecule has 0 atom stereocenters. The van der Waals surface area contributed by atoms with Gasteiger partial charge < -0.3 is 23.7 Å². The van der Waals surface area contributed by atoms with Gasteiger partial charge in [-0.15, -0.1) is 0 Å². The first kappa shape index (κ1) is 16.8. The number of piperidine rings is 1. The minimum atomic E-state index is -0.896. The second kappa shape index (κ2) is 6.93. The van der Waals surface area contributed by atoms with Crippen LogP contribution in [0.5, 0.6) is 0 Å². The van der Waals surface area contributed by atoms with Gasteiger partial charge in [0, 0.05) is 25.4 Å². The summed E-state index contributed by atoms with van der Waals surface area (Å²) in [5, 5.41) is 13.8. The third-order valence-electron chi connectivity index (χ3n) is 4.24. The first-order chi connectivity index (χ1) is 12.6. The number of likely N-dealkylation sites (tertiary alicyclic amines) is 1. The van der Waals surface area contributed by atoms with Gasteiger partial charge in [0.1, 0.15) is 17.3 Å². The van der Waals surface area contributed by atoms with Crippen molar-refractivity contribution in [3.63, 3.8) is 0 Å². The number of carbonyl (C=O) groups is 1. The molecule has 0 aromatic carbocycles. The Morgan fingerprint density at radius 3 is 2.96 bits per heavy atom. The molecule has 0 bridgehead atoms. The zero-order chi connectivity index (χ0) is 18.1. The highest BCUT2D eigenvalue weighted by Crippen LogP contribution is 2.30. The van der Waals surface area contributed by atoms with Crippen molar-refractivity contribution in [3.05, 3.63) is 29.3 Å². The average Bonchev–Trinajstić information content (AvgIpc) is 3.28. The van der Waals surface area contributed by atoms with Crippen LogP contribution in [-0.4, -0.2) is 50.4 Å². The fourth-order valence-corrected chi connectivity index (χ4v) is 3.06. The molecule has 136 valence electrons. The van der Waals surface area contributed by atoms with E-state index >= 15 is 0 Å². The molecule has 4 rings (SSSR count). The lowest BCUT2D eigenvalue weighted by atomic mass is 10.1. The lowest BCUT2D eigenvalue weighted by Gasteiger charge is -2.29. The van der Waals surface area contributed by atoms with Gasteiger partial charge in [-0.1, -0.05) is 16.8 Å². The number of furan rings is 1. The SMILES string of the molecule is O=C(O)N1CCC(OCc2noc(-c3cc4c(Cl)nccc4o3)n2)CC1. The summed E-state index contributed by atoms with van der Waals surface area (Å²) in [6.45, 7) is 1.11. The third kappa shape index (κ3) is 3.35. The van der Waals surface area contributed by atoms with Gasteiger partial charge in [-0.3, -0.25) is 0 Å². The first-order valence-corrected chi connectivity index (χ1v) is 8.44. The Bertz CT molecular complexity index is 932. The molecule has 26 heavy (non-hydrogen) atoms. The number of amides is 1. The zero-order valence-corrected chi connectivity index (χ0v) is 14.3. The largest absolute Gasteiger partial charge is 0.465 e. The van der Waals surface area contributed by atoms with Gasteiger partial charge in [0.25, 0.3) is 5.89 Å². The highest BCUT2D eigenvalue weighted by atomic mass is 35.5. The van der Waals surface area contributed by atoms with Crippen LogP contribution in [0.1, 0.15) is 18.7 Å². The number of hydrogen-bond donors (Lipinski definition) is 1. The standard InChI is InChI=1S/C16H15ClN4O5/c17-14-10-7-12(25-11(10)1-4-18-14)15-19-13(20-26-15)8-24-9-2-5-21(6-3-9)16(22)23/h1,4,7,9H,2-3,5-6,8H2,(H,22,23). The normalized spacial score (nSPS) is 15.7. The van der Waals surface area contributed by atoms with E-state index in [1.54, 1.807) is 18.3 Å². The molecule has 0 saturated carbocycles. The minimum Gasteiger partial charge on any atom is -0.465 e. The molecule has 1 N–H and O–H groups in total. The van der Waals surface area contributed by atoms with E-state index in [1.165, 1.54) is 4.90 Å². The summed E-state index contributed by atoms with van der Waals surface area (Å²) in [6.07, 6.45) is 1.93. The molecular formula is C16H15ClN4O5. The van der Waals surface area contributed by atoms with E-state index in [1.807, 2.05) is 0 Å². The quantitative estimate of drug-likeness (QED) is 0.688. The van der Waals surface area contributed by atoms with Gasteiger partial charge in [-0.2, -0.15) is 4.98 Å². The van der Waals surface area contributed by atoms with Crippen molar-refractivity contribution in [2.75, 3.05) is 13.1 Å². The van der Waals surface area contributed by atoms with E-state index in [2.05, 4.69) is 15.1 Å². The van der Waals surface area contributed by atoms with E-state index in [9.17, 15) is 4.79 Å². The number of halogens is 1. The van der Waals surface area contributed by atoms with Gasteiger partial charge in [-0.05, 0) is 18.9 Å². The second-order valence-corrected chi connectivity index (χ2v) is 6.28. The molecular weight excluding hydrogens is 364 g/mol. The van der Waals surface area contributed by atoms with Gasteiger partial charge in [0.05, 0.1) is 11.5 Å². The Balaban J connectivity index is 1.39. The third-order valence-corrected chi connectivity index (χ3v) is 4.54. The molecule has 0 radical (unpaired) electrons. The van der Waals surface area contributed by atoms with E-state index in [-0.39, 0.29) is 18.6 Å². The summed E-state index contributed by atoms with van der Waals surface area (Å²) in [7, 11) is 0. The molecule has 1 aliphatic heterocycles.